The van der Waals surface area contributed by atoms with Gasteiger partial charge in [-0.25, -0.2) is 9.78 Å². The normalized spacial score (nSPS) is 10.7. The zero-order valence-electron chi connectivity index (χ0n) is 13.8. The molecule has 2 heterocycles. The third kappa shape index (κ3) is 4.08. The molecule has 0 aliphatic rings. The Morgan fingerprint density at radius 1 is 1.36 bits per heavy atom. The number of hydrogen-bond acceptors (Lipinski definition) is 7. The molecular formula is C17H15BrN2O2S3. The van der Waals surface area contributed by atoms with Gasteiger partial charge in [-0.2, -0.15) is 0 Å². The number of hydrogen-bond donors (Lipinski definition) is 1. The van der Waals surface area contributed by atoms with E-state index in [2.05, 4.69) is 45.3 Å². The van der Waals surface area contributed by atoms with Crippen molar-refractivity contribution in [2.75, 3.05) is 18.7 Å². The van der Waals surface area contributed by atoms with Crippen LogP contribution in [0.15, 0.2) is 38.3 Å². The summed E-state index contributed by atoms with van der Waals surface area (Å²) in [7, 11) is 1.39. The number of carbonyl (C=O) groups is 1. The Balaban J connectivity index is 1.88. The van der Waals surface area contributed by atoms with Crippen molar-refractivity contribution in [3.8, 4) is 11.3 Å². The zero-order chi connectivity index (χ0) is 18.0. The van der Waals surface area contributed by atoms with Crippen LogP contribution in [-0.4, -0.2) is 24.3 Å². The number of aryl methyl sites for hydroxylation is 1. The number of benzene rings is 1. The maximum absolute atomic E-state index is 11.8. The second-order valence-electron chi connectivity index (χ2n) is 5.15. The molecule has 3 aromatic rings. The summed E-state index contributed by atoms with van der Waals surface area (Å²) >= 11 is 8.13. The molecule has 0 bridgehead atoms. The van der Waals surface area contributed by atoms with Crippen molar-refractivity contribution < 1.29 is 9.53 Å². The lowest BCUT2D eigenvalue weighted by Crippen LogP contribution is -1.96. The predicted octanol–water partition coefficient (Wildman–Crippen LogP) is 6.19. The largest absolute Gasteiger partial charge is 0.465 e. The monoisotopic (exact) mass is 454 g/mol. The fourth-order valence-corrected chi connectivity index (χ4v) is 5.32. The van der Waals surface area contributed by atoms with Gasteiger partial charge in [0.1, 0.15) is 4.88 Å². The van der Waals surface area contributed by atoms with E-state index in [4.69, 9.17) is 4.74 Å². The van der Waals surface area contributed by atoms with Gasteiger partial charge in [0.05, 0.1) is 22.7 Å². The average Bonchev–Trinajstić information content (AvgIpc) is 3.23. The number of halogens is 1. The van der Waals surface area contributed by atoms with E-state index in [1.165, 1.54) is 35.3 Å². The van der Waals surface area contributed by atoms with Crippen LogP contribution in [0.5, 0.6) is 0 Å². The molecule has 0 spiro atoms. The number of thiophene rings is 1. The molecule has 3 rings (SSSR count). The van der Waals surface area contributed by atoms with Gasteiger partial charge in [0, 0.05) is 15.4 Å². The fraction of sp³-hybridized carbons (Fsp3) is 0.176. The number of aromatic nitrogens is 1. The van der Waals surface area contributed by atoms with Crippen molar-refractivity contribution in [2.24, 2.45) is 0 Å². The first kappa shape index (κ1) is 18.4. The van der Waals surface area contributed by atoms with Crippen LogP contribution < -0.4 is 5.32 Å². The molecule has 0 saturated carbocycles. The standard InChI is InChI=1S/C17H15BrN2O2S3/c1-9-4-5-12(11(18)6-9)19-17-20-13(8-24-17)10-7-14(15(21)22-2)25-16(10)23-3/h4-8H,1-3H3,(H,19,20). The lowest BCUT2D eigenvalue weighted by Gasteiger charge is -2.06. The summed E-state index contributed by atoms with van der Waals surface area (Å²) in [4.78, 5) is 17.0. The smallest absolute Gasteiger partial charge is 0.348 e. The molecule has 0 radical (unpaired) electrons. The molecule has 4 nitrogen and oxygen atoms in total. The van der Waals surface area contributed by atoms with E-state index in [9.17, 15) is 4.79 Å². The molecule has 8 heteroatoms. The molecule has 25 heavy (non-hydrogen) atoms. The van der Waals surface area contributed by atoms with Gasteiger partial charge in [-0.3, -0.25) is 0 Å². The van der Waals surface area contributed by atoms with Crippen LogP contribution in [-0.2, 0) is 4.74 Å². The van der Waals surface area contributed by atoms with E-state index in [-0.39, 0.29) is 5.97 Å². The summed E-state index contributed by atoms with van der Waals surface area (Å²) in [5.74, 6) is -0.316. The zero-order valence-corrected chi connectivity index (χ0v) is 17.8. The minimum absolute atomic E-state index is 0.316. The summed E-state index contributed by atoms with van der Waals surface area (Å²) in [6.45, 7) is 2.05. The molecule has 1 aromatic carbocycles. The molecule has 0 fully saturated rings. The summed E-state index contributed by atoms with van der Waals surface area (Å²) in [6.07, 6.45) is 1.99. The van der Waals surface area contributed by atoms with E-state index in [0.717, 1.165) is 30.8 Å². The SMILES string of the molecule is COC(=O)c1cc(-c2csc(Nc3ccc(C)cc3Br)n2)c(SC)s1. The Labute approximate surface area is 166 Å². The van der Waals surface area contributed by atoms with Crippen LogP contribution >= 0.6 is 50.4 Å². The van der Waals surface area contributed by atoms with Gasteiger partial charge in [-0.15, -0.1) is 34.4 Å². The van der Waals surface area contributed by atoms with E-state index >= 15 is 0 Å². The topological polar surface area (TPSA) is 51.2 Å². The quantitative estimate of drug-likeness (QED) is 0.367. The first-order chi connectivity index (χ1) is 12.0. The third-order valence-electron chi connectivity index (χ3n) is 3.42. The van der Waals surface area contributed by atoms with Crippen LogP contribution in [0.4, 0.5) is 10.8 Å². The van der Waals surface area contributed by atoms with Crippen molar-refractivity contribution in [1.29, 1.82) is 0 Å². The number of thioether (sulfide) groups is 1. The van der Waals surface area contributed by atoms with E-state index < -0.39 is 0 Å². The maximum Gasteiger partial charge on any atom is 0.348 e. The number of ether oxygens (including phenoxy) is 1. The van der Waals surface area contributed by atoms with E-state index in [1.807, 2.05) is 23.8 Å². The number of thiazole rings is 1. The van der Waals surface area contributed by atoms with Crippen LogP contribution in [0.3, 0.4) is 0 Å². The highest BCUT2D eigenvalue weighted by atomic mass is 79.9. The second kappa shape index (κ2) is 7.90. The Morgan fingerprint density at radius 3 is 2.84 bits per heavy atom. The van der Waals surface area contributed by atoms with Crippen LogP contribution in [0.2, 0.25) is 0 Å². The minimum atomic E-state index is -0.316. The van der Waals surface area contributed by atoms with Crippen molar-refractivity contribution >= 4 is 67.2 Å². The van der Waals surface area contributed by atoms with Crippen molar-refractivity contribution in [2.45, 2.75) is 11.1 Å². The highest BCUT2D eigenvalue weighted by Gasteiger charge is 2.18. The molecule has 130 valence electrons. The number of carbonyl (C=O) groups excluding carboxylic acids is 1. The van der Waals surface area contributed by atoms with Gasteiger partial charge in [-0.05, 0) is 52.9 Å². The number of esters is 1. The molecule has 1 N–H and O–H groups in total. The number of methoxy groups -OCH3 is 1. The Kier molecular flexibility index (Phi) is 5.83. The summed E-state index contributed by atoms with van der Waals surface area (Å²) in [6, 6.07) is 7.98. The Hall–Kier alpha value is -1.35. The Morgan fingerprint density at radius 2 is 2.16 bits per heavy atom. The van der Waals surface area contributed by atoms with Gasteiger partial charge in [0.2, 0.25) is 0 Å². The van der Waals surface area contributed by atoms with Crippen molar-refractivity contribution in [3.05, 3.63) is 44.6 Å². The highest BCUT2D eigenvalue weighted by molar-refractivity contribution is 9.10. The van der Waals surface area contributed by atoms with Gasteiger partial charge in [-0.1, -0.05) is 6.07 Å². The first-order valence-electron chi connectivity index (χ1n) is 7.27. The number of nitrogens with one attached hydrogen (secondary N) is 1. The lowest BCUT2D eigenvalue weighted by atomic mass is 10.2. The van der Waals surface area contributed by atoms with E-state index in [0.29, 0.717) is 4.88 Å². The molecule has 0 amide bonds. The Bertz CT molecular complexity index is 921. The summed E-state index contributed by atoms with van der Waals surface area (Å²) < 4.78 is 6.87. The minimum Gasteiger partial charge on any atom is -0.465 e. The van der Waals surface area contributed by atoms with Gasteiger partial charge < -0.3 is 10.1 Å². The summed E-state index contributed by atoms with van der Waals surface area (Å²) in [5.41, 5.74) is 3.98. The molecule has 2 aromatic heterocycles. The lowest BCUT2D eigenvalue weighted by molar-refractivity contribution is 0.0606. The molecular weight excluding hydrogens is 440 g/mol. The second-order valence-corrected chi connectivity index (χ2v) is 8.99. The van der Waals surface area contributed by atoms with Crippen LogP contribution in [0.1, 0.15) is 15.2 Å². The molecule has 0 atom stereocenters. The van der Waals surface area contributed by atoms with Crippen molar-refractivity contribution in [3.63, 3.8) is 0 Å². The molecule has 0 aliphatic carbocycles. The third-order valence-corrected chi connectivity index (χ3v) is 7.08. The van der Waals surface area contributed by atoms with Gasteiger partial charge in [0.15, 0.2) is 5.13 Å². The van der Waals surface area contributed by atoms with Crippen LogP contribution in [0, 0.1) is 6.92 Å². The number of rotatable bonds is 5. The van der Waals surface area contributed by atoms with Crippen molar-refractivity contribution in [1.82, 2.24) is 4.98 Å². The van der Waals surface area contributed by atoms with Gasteiger partial charge >= 0.3 is 5.97 Å². The average molecular weight is 455 g/mol. The highest BCUT2D eigenvalue weighted by Crippen LogP contribution is 2.39. The predicted molar refractivity (Wildman–Crippen MR) is 111 cm³/mol. The summed E-state index contributed by atoms with van der Waals surface area (Å²) in [5, 5.41) is 6.13. The van der Waals surface area contributed by atoms with Crippen LogP contribution in [0.25, 0.3) is 11.3 Å². The van der Waals surface area contributed by atoms with E-state index in [1.54, 1.807) is 11.8 Å². The molecule has 0 aliphatic heterocycles. The maximum atomic E-state index is 11.8. The first-order valence-corrected chi connectivity index (χ1v) is 11.0. The number of anilines is 2. The molecule has 0 unspecified atom stereocenters. The number of nitrogens with zero attached hydrogens (tertiary/aromatic N) is 1. The fourth-order valence-electron chi connectivity index (χ4n) is 2.20. The van der Waals surface area contributed by atoms with Gasteiger partial charge in [0.25, 0.3) is 0 Å². The molecule has 0 saturated heterocycles.